The maximum absolute atomic E-state index is 13.0. The van der Waals surface area contributed by atoms with Crippen molar-refractivity contribution in [3.63, 3.8) is 0 Å². The third-order valence-electron chi connectivity index (χ3n) is 4.83. The van der Waals surface area contributed by atoms with Crippen LogP contribution in [0.5, 0.6) is 0 Å². The largest absolute Gasteiger partial charge is 0.279 e. The first-order valence-electron chi connectivity index (χ1n) is 9.21. The van der Waals surface area contributed by atoms with Gasteiger partial charge in [-0.1, -0.05) is 61.9 Å². The fourth-order valence-corrected chi connectivity index (χ4v) is 4.40. The van der Waals surface area contributed by atoms with Gasteiger partial charge >= 0.3 is 0 Å². The molecule has 1 aromatic heterocycles. The van der Waals surface area contributed by atoms with Crippen molar-refractivity contribution in [1.82, 2.24) is 4.57 Å². The minimum Gasteiger partial charge on any atom is -0.279 e. The summed E-state index contributed by atoms with van der Waals surface area (Å²) in [5.74, 6) is 0.428. The van der Waals surface area contributed by atoms with Gasteiger partial charge in [-0.3, -0.25) is 9.36 Å². The van der Waals surface area contributed by atoms with E-state index in [-0.39, 0.29) is 11.8 Å². The summed E-state index contributed by atoms with van der Waals surface area (Å²) in [6.45, 7) is 6.26. The Hall–Kier alpha value is -2.46. The summed E-state index contributed by atoms with van der Waals surface area (Å²) in [5.41, 5.74) is 2.28. The van der Waals surface area contributed by atoms with Gasteiger partial charge in [0.1, 0.15) is 15.8 Å². The molecule has 0 aliphatic carbocycles. The smallest absolute Gasteiger partial charge is 0.232 e. The van der Waals surface area contributed by atoms with Crippen molar-refractivity contribution in [2.24, 2.45) is 5.92 Å². The van der Waals surface area contributed by atoms with Gasteiger partial charge in [0.2, 0.25) is 5.91 Å². The van der Waals surface area contributed by atoms with Crippen molar-refractivity contribution in [1.29, 1.82) is 0 Å². The Labute approximate surface area is 163 Å². The van der Waals surface area contributed by atoms with Gasteiger partial charge in [-0.15, -0.1) is 0 Å². The highest BCUT2D eigenvalue weighted by Crippen LogP contribution is 2.29. The van der Waals surface area contributed by atoms with Gasteiger partial charge in [-0.2, -0.15) is 0 Å². The van der Waals surface area contributed by atoms with E-state index in [1.54, 1.807) is 22.9 Å². The Balaban J connectivity index is 1.85. The molecule has 2 aromatic carbocycles. The van der Waals surface area contributed by atoms with E-state index in [0.29, 0.717) is 22.3 Å². The van der Waals surface area contributed by atoms with Crippen LogP contribution in [0.2, 0.25) is 0 Å². The third-order valence-corrected chi connectivity index (χ3v) is 6.25. The zero-order chi connectivity index (χ0) is 19.4. The number of hydrogen-bond acceptors (Lipinski definition) is 2. The lowest BCUT2D eigenvalue weighted by molar-refractivity contribution is 0.0875. The second kappa shape index (κ2) is 8.49. The van der Waals surface area contributed by atoms with Crippen molar-refractivity contribution in [3.8, 4) is 0 Å². The maximum Gasteiger partial charge on any atom is 0.232 e. The number of nitrogens with zero attached hydrogens (tertiary/aromatic N) is 1. The minimum absolute atomic E-state index is 0.0296. The highest BCUT2D eigenvalue weighted by Gasteiger charge is 2.23. The molecule has 0 spiro atoms. The van der Waals surface area contributed by atoms with Crippen molar-refractivity contribution < 1.29 is 9.00 Å². The normalized spacial score (nSPS) is 13.5. The van der Waals surface area contributed by atoms with Crippen LogP contribution in [0.25, 0.3) is 0 Å². The molecule has 3 nitrogen and oxygen atoms in total. The molecule has 0 aliphatic heterocycles. The molecule has 1 heterocycles. The Morgan fingerprint density at radius 1 is 0.963 bits per heavy atom. The molecule has 1 unspecified atom stereocenters. The highest BCUT2D eigenvalue weighted by atomic mass is 32.2. The van der Waals surface area contributed by atoms with E-state index in [1.165, 1.54) is 0 Å². The molecule has 140 valence electrons. The average molecular weight is 380 g/mol. The molecule has 3 rings (SSSR count). The molecule has 0 bridgehead atoms. The van der Waals surface area contributed by atoms with Crippen LogP contribution in [0.4, 0.5) is 0 Å². The van der Waals surface area contributed by atoms with E-state index in [4.69, 9.17) is 0 Å². The van der Waals surface area contributed by atoms with E-state index in [2.05, 4.69) is 26.0 Å². The van der Waals surface area contributed by atoms with Crippen LogP contribution >= 0.6 is 0 Å². The third kappa shape index (κ3) is 4.45. The number of hydrogen-bond donors (Lipinski definition) is 0. The number of aryl methyl sites for hydroxylation is 1. The molecule has 0 amide bonds. The first kappa shape index (κ1) is 19.3. The molecule has 0 radical (unpaired) electrons. The standard InChI is InChI=1S/C23H25NO2S/c1-17(2)21(19-8-5-4-6-9-19)16-22(25)24-15-7-10-23(24)27(26)20-13-11-18(3)12-14-20/h4-15,17,21H,16H2,1-3H3/t21-,27?/m1/s1. The Morgan fingerprint density at radius 2 is 1.63 bits per heavy atom. The first-order chi connectivity index (χ1) is 13.0. The predicted octanol–water partition coefficient (Wildman–Crippen LogP) is 5.43. The minimum atomic E-state index is -1.38. The van der Waals surface area contributed by atoms with E-state index in [9.17, 15) is 9.00 Å². The highest BCUT2D eigenvalue weighted by molar-refractivity contribution is 7.85. The lowest BCUT2D eigenvalue weighted by Gasteiger charge is -2.21. The molecular formula is C23H25NO2S. The van der Waals surface area contributed by atoms with Crippen molar-refractivity contribution >= 4 is 16.7 Å². The summed E-state index contributed by atoms with van der Waals surface area (Å²) in [5, 5.41) is 0.527. The molecule has 27 heavy (non-hydrogen) atoms. The molecule has 0 N–H and O–H groups in total. The van der Waals surface area contributed by atoms with Gasteiger partial charge in [-0.25, -0.2) is 4.21 Å². The molecule has 0 aliphatic rings. The molecule has 2 atom stereocenters. The van der Waals surface area contributed by atoms with Gasteiger partial charge < -0.3 is 0 Å². The summed E-state index contributed by atoms with van der Waals surface area (Å²) in [4.78, 5) is 13.7. The average Bonchev–Trinajstić information content (AvgIpc) is 3.16. The van der Waals surface area contributed by atoms with Crippen molar-refractivity contribution in [2.75, 3.05) is 0 Å². The zero-order valence-electron chi connectivity index (χ0n) is 16.0. The number of aromatic nitrogens is 1. The summed E-state index contributed by atoms with van der Waals surface area (Å²) >= 11 is 0. The monoisotopic (exact) mass is 379 g/mol. The summed E-state index contributed by atoms with van der Waals surface area (Å²) in [7, 11) is -1.38. The van der Waals surface area contributed by atoms with E-state index >= 15 is 0 Å². The lowest BCUT2D eigenvalue weighted by atomic mass is 9.85. The second-order valence-corrected chi connectivity index (χ2v) is 8.58. The Morgan fingerprint density at radius 3 is 2.26 bits per heavy atom. The van der Waals surface area contributed by atoms with E-state index < -0.39 is 10.8 Å². The van der Waals surface area contributed by atoms with Crippen molar-refractivity contribution in [3.05, 3.63) is 84.1 Å². The fourth-order valence-electron chi connectivity index (χ4n) is 3.23. The van der Waals surface area contributed by atoms with Crippen LogP contribution in [0.1, 0.15) is 42.1 Å². The quantitative estimate of drug-likeness (QED) is 0.572. The Kier molecular flexibility index (Phi) is 6.07. The van der Waals surface area contributed by atoms with E-state index in [0.717, 1.165) is 11.1 Å². The number of carbonyl (C=O) groups is 1. The zero-order valence-corrected chi connectivity index (χ0v) is 16.8. The van der Waals surface area contributed by atoms with E-state index in [1.807, 2.05) is 49.4 Å². The molecule has 4 heteroatoms. The molecule has 0 saturated carbocycles. The van der Waals surface area contributed by atoms with Crippen LogP contribution in [0, 0.1) is 12.8 Å². The summed E-state index contributed by atoms with van der Waals surface area (Å²) < 4.78 is 14.5. The predicted molar refractivity (Wildman–Crippen MR) is 110 cm³/mol. The molecule has 0 fully saturated rings. The van der Waals surface area contributed by atoms with Crippen LogP contribution < -0.4 is 0 Å². The lowest BCUT2D eigenvalue weighted by Crippen LogP contribution is -2.19. The summed E-state index contributed by atoms with van der Waals surface area (Å²) in [6.07, 6.45) is 2.10. The topological polar surface area (TPSA) is 39.1 Å². The molecular weight excluding hydrogens is 354 g/mol. The molecule has 0 saturated heterocycles. The number of rotatable bonds is 6. The fraction of sp³-hybridized carbons (Fsp3) is 0.261. The summed E-state index contributed by atoms with van der Waals surface area (Å²) in [6, 6.07) is 21.3. The maximum atomic E-state index is 13.0. The molecule has 3 aromatic rings. The first-order valence-corrected chi connectivity index (χ1v) is 10.4. The second-order valence-electron chi connectivity index (χ2n) is 7.16. The van der Waals surface area contributed by atoms with Gasteiger partial charge in [-0.05, 0) is 48.6 Å². The SMILES string of the molecule is Cc1ccc(S(=O)c2cccn2C(=O)C[C@@H](c2ccccc2)C(C)C)cc1. The number of carbonyl (C=O) groups excluding carboxylic acids is 1. The van der Waals surface area contributed by atoms with Crippen molar-refractivity contribution in [2.45, 2.75) is 43.0 Å². The Bertz CT molecular complexity index is 927. The van der Waals surface area contributed by atoms with Crippen LogP contribution in [-0.4, -0.2) is 14.7 Å². The van der Waals surface area contributed by atoms with Gasteiger partial charge in [0.05, 0.1) is 0 Å². The van der Waals surface area contributed by atoms with Crippen LogP contribution in [-0.2, 0) is 10.8 Å². The number of benzene rings is 2. The van der Waals surface area contributed by atoms with Gasteiger partial charge in [0.25, 0.3) is 0 Å². The van der Waals surface area contributed by atoms with Gasteiger partial charge in [0.15, 0.2) is 0 Å². The van der Waals surface area contributed by atoms with Crippen LogP contribution in [0.15, 0.2) is 82.8 Å². The van der Waals surface area contributed by atoms with Crippen LogP contribution in [0.3, 0.4) is 0 Å². The van der Waals surface area contributed by atoms with Gasteiger partial charge in [0, 0.05) is 17.5 Å².